The van der Waals surface area contributed by atoms with Gasteiger partial charge < -0.3 is 15.2 Å². The molecule has 0 aliphatic carbocycles. The summed E-state index contributed by atoms with van der Waals surface area (Å²) in [5, 5.41) is 0. The van der Waals surface area contributed by atoms with E-state index in [9.17, 15) is 21.6 Å². The minimum absolute atomic E-state index is 0.106. The molecule has 0 aromatic heterocycles. The number of anilines is 2. The molecule has 2 N–H and O–H groups in total. The number of alkyl halides is 3. The Morgan fingerprint density at radius 3 is 2.30 bits per heavy atom. The Hall–Kier alpha value is -1.62. The summed E-state index contributed by atoms with van der Waals surface area (Å²) in [6.07, 6.45) is -3.41. The quantitative estimate of drug-likeness (QED) is 0.604. The number of nitrogens with two attached hydrogens (primary N) is 1. The van der Waals surface area contributed by atoms with Crippen LogP contribution in [0.4, 0.5) is 24.5 Å². The second-order valence-electron chi connectivity index (χ2n) is 4.90. The largest absolute Gasteiger partial charge is 0.471 e. The van der Waals surface area contributed by atoms with Crippen LogP contribution in [0.3, 0.4) is 0 Å². The average Bonchev–Trinajstić information content (AvgIpc) is 2.30. The zero-order valence-corrected chi connectivity index (χ0v) is 14.3. The third-order valence-electron chi connectivity index (χ3n) is 2.92. The molecule has 6 nitrogen and oxygen atoms in total. The first kappa shape index (κ1) is 17.7. The normalized spacial score (nSPS) is 22.5. The zero-order valence-electron chi connectivity index (χ0n) is 11.9. The van der Waals surface area contributed by atoms with Crippen molar-refractivity contribution in [3.8, 4) is 11.5 Å². The highest BCUT2D eigenvalue weighted by Crippen LogP contribution is 2.49. The first-order valence-corrected chi connectivity index (χ1v) is 8.63. The second kappa shape index (κ2) is 5.20. The standard InChI is InChI=1S/C12H12BrF3N2O4S/c1-6(13)18(23(3,19)20)8-5-10-9(4-7(8)17)21-11(2,14)12(15,16)22-10/h4-5H,1,17H2,2-3H3. The van der Waals surface area contributed by atoms with Crippen LogP contribution in [0.25, 0.3) is 0 Å². The molecule has 1 aromatic carbocycles. The summed E-state index contributed by atoms with van der Waals surface area (Å²) in [6, 6.07) is 1.90. The Morgan fingerprint density at radius 2 is 1.83 bits per heavy atom. The highest BCUT2D eigenvalue weighted by molar-refractivity contribution is 9.11. The topological polar surface area (TPSA) is 81.9 Å². The SMILES string of the molecule is C=C(Br)N(c1cc2c(cc1N)OC(C)(F)C(F)(F)O2)S(C)(=O)=O. The van der Waals surface area contributed by atoms with Crippen molar-refractivity contribution in [2.75, 3.05) is 16.3 Å². The smallest absolute Gasteiger partial charge is 0.445 e. The van der Waals surface area contributed by atoms with Gasteiger partial charge in [-0.3, -0.25) is 0 Å². The summed E-state index contributed by atoms with van der Waals surface area (Å²) in [7, 11) is -3.87. The molecule has 2 rings (SSSR count). The number of sulfonamides is 1. The summed E-state index contributed by atoms with van der Waals surface area (Å²) in [6.45, 7) is 3.93. The van der Waals surface area contributed by atoms with Gasteiger partial charge in [-0.1, -0.05) is 6.58 Å². The monoisotopic (exact) mass is 416 g/mol. The van der Waals surface area contributed by atoms with Crippen molar-refractivity contribution < 1.29 is 31.1 Å². The Balaban J connectivity index is 2.63. The van der Waals surface area contributed by atoms with E-state index in [2.05, 4.69) is 32.0 Å². The number of hydrogen-bond donors (Lipinski definition) is 1. The molecule has 0 radical (unpaired) electrons. The van der Waals surface area contributed by atoms with Crippen molar-refractivity contribution in [3.63, 3.8) is 0 Å². The van der Waals surface area contributed by atoms with Gasteiger partial charge in [0.15, 0.2) is 11.5 Å². The zero-order chi connectivity index (χ0) is 17.8. The first-order chi connectivity index (χ1) is 10.3. The van der Waals surface area contributed by atoms with E-state index in [0.29, 0.717) is 11.2 Å². The molecule has 0 fully saturated rings. The molecular weight excluding hydrogens is 405 g/mol. The molecule has 1 aliphatic heterocycles. The number of benzene rings is 1. The number of hydrogen-bond acceptors (Lipinski definition) is 5. The lowest BCUT2D eigenvalue weighted by atomic mass is 10.2. The minimum Gasteiger partial charge on any atom is -0.445 e. The number of ether oxygens (including phenoxy) is 2. The van der Waals surface area contributed by atoms with Crippen LogP contribution < -0.4 is 19.5 Å². The highest BCUT2D eigenvalue weighted by Gasteiger charge is 2.60. The summed E-state index contributed by atoms with van der Waals surface area (Å²) in [4.78, 5) is 0. The van der Waals surface area contributed by atoms with Gasteiger partial charge in [-0.05, 0) is 15.9 Å². The average molecular weight is 417 g/mol. The third kappa shape index (κ3) is 3.07. The van der Waals surface area contributed by atoms with Gasteiger partial charge >= 0.3 is 12.0 Å². The fraction of sp³-hybridized carbons (Fsp3) is 0.333. The molecule has 0 saturated carbocycles. The van der Waals surface area contributed by atoms with Gasteiger partial charge in [-0.15, -0.1) is 0 Å². The molecule has 0 amide bonds. The van der Waals surface area contributed by atoms with Gasteiger partial charge in [0.1, 0.15) is 0 Å². The van der Waals surface area contributed by atoms with Crippen molar-refractivity contribution >= 4 is 37.3 Å². The molecule has 23 heavy (non-hydrogen) atoms. The maximum Gasteiger partial charge on any atom is 0.471 e. The van der Waals surface area contributed by atoms with E-state index in [1.54, 1.807) is 0 Å². The number of nitrogens with zero attached hydrogens (tertiary/aromatic N) is 1. The van der Waals surface area contributed by atoms with Gasteiger partial charge in [0.2, 0.25) is 10.0 Å². The minimum atomic E-state index is -4.27. The predicted octanol–water partition coefficient (Wildman–Crippen LogP) is 2.95. The van der Waals surface area contributed by atoms with E-state index in [-0.39, 0.29) is 21.7 Å². The van der Waals surface area contributed by atoms with Crippen LogP contribution in [0.5, 0.6) is 11.5 Å². The van der Waals surface area contributed by atoms with Gasteiger partial charge in [0.25, 0.3) is 0 Å². The molecule has 1 atom stereocenters. The van der Waals surface area contributed by atoms with Gasteiger partial charge in [-0.25, -0.2) is 12.7 Å². The molecule has 1 unspecified atom stereocenters. The summed E-state index contributed by atoms with van der Waals surface area (Å²) in [5.41, 5.74) is 5.36. The summed E-state index contributed by atoms with van der Waals surface area (Å²) in [5.74, 6) is -4.34. The van der Waals surface area contributed by atoms with Crippen LogP contribution in [-0.4, -0.2) is 26.6 Å². The van der Waals surface area contributed by atoms with E-state index >= 15 is 0 Å². The predicted molar refractivity (Wildman–Crippen MR) is 82.0 cm³/mol. The summed E-state index contributed by atoms with van der Waals surface area (Å²) < 4.78 is 74.0. The molecular formula is C12H12BrF3N2O4S. The molecule has 1 aliphatic rings. The van der Waals surface area contributed by atoms with E-state index in [1.807, 2.05) is 0 Å². The van der Waals surface area contributed by atoms with Crippen LogP contribution in [0.2, 0.25) is 0 Å². The molecule has 0 spiro atoms. The molecule has 1 heterocycles. The van der Waals surface area contributed by atoms with E-state index in [4.69, 9.17) is 5.73 Å². The van der Waals surface area contributed by atoms with Crippen LogP contribution >= 0.6 is 15.9 Å². The lowest BCUT2D eigenvalue weighted by Gasteiger charge is -2.36. The molecule has 0 saturated heterocycles. The maximum absolute atomic E-state index is 13.8. The van der Waals surface area contributed by atoms with Crippen LogP contribution in [0.1, 0.15) is 6.92 Å². The fourth-order valence-corrected chi connectivity index (χ4v) is 3.74. The van der Waals surface area contributed by atoms with Crippen molar-refractivity contribution in [1.29, 1.82) is 0 Å². The molecule has 128 valence electrons. The molecule has 0 bridgehead atoms. The van der Waals surface area contributed by atoms with E-state index in [0.717, 1.165) is 18.4 Å². The Morgan fingerprint density at radius 1 is 1.30 bits per heavy atom. The Bertz CT molecular complexity index is 783. The van der Waals surface area contributed by atoms with E-state index in [1.165, 1.54) is 0 Å². The number of nitrogen functional groups attached to an aromatic ring is 1. The third-order valence-corrected chi connectivity index (χ3v) is 4.59. The maximum atomic E-state index is 13.8. The highest BCUT2D eigenvalue weighted by atomic mass is 79.9. The lowest BCUT2D eigenvalue weighted by molar-refractivity contribution is -0.332. The number of rotatable bonds is 3. The summed E-state index contributed by atoms with van der Waals surface area (Å²) >= 11 is 2.90. The van der Waals surface area contributed by atoms with Crippen molar-refractivity contribution in [2.24, 2.45) is 0 Å². The van der Waals surface area contributed by atoms with E-state index < -0.39 is 27.7 Å². The lowest BCUT2D eigenvalue weighted by Crippen LogP contribution is -2.53. The molecule has 1 aromatic rings. The molecule has 11 heteroatoms. The van der Waals surface area contributed by atoms with Crippen LogP contribution in [0.15, 0.2) is 23.3 Å². The van der Waals surface area contributed by atoms with Crippen LogP contribution in [-0.2, 0) is 10.0 Å². The number of fused-ring (bicyclic) bond motifs is 1. The number of halogens is 4. The van der Waals surface area contributed by atoms with Gasteiger partial charge in [0.05, 0.1) is 22.2 Å². The Labute approximate surface area is 138 Å². The second-order valence-corrected chi connectivity index (χ2v) is 7.65. The van der Waals surface area contributed by atoms with Crippen molar-refractivity contribution in [3.05, 3.63) is 23.3 Å². The van der Waals surface area contributed by atoms with Crippen molar-refractivity contribution in [1.82, 2.24) is 0 Å². The van der Waals surface area contributed by atoms with Crippen molar-refractivity contribution in [2.45, 2.75) is 18.9 Å². The van der Waals surface area contributed by atoms with Gasteiger partial charge in [0, 0.05) is 19.1 Å². The first-order valence-electron chi connectivity index (χ1n) is 5.99. The van der Waals surface area contributed by atoms with Crippen LogP contribution in [0, 0.1) is 0 Å². The fourth-order valence-electron chi connectivity index (χ4n) is 1.88. The van der Waals surface area contributed by atoms with Gasteiger partial charge in [-0.2, -0.15) is 13.2 Å². The Kier molecular flexibility index (Phi) is 4.01.